The van der Waals surface area contributed by atoms with Crippen molar-refractivity contribution in [2.45, 2.75) is 78.0 Å². The van der Waals surface area contributed by atoms with E-state index in [0.717, 1.165) is 60.6 Å². The summed E-state index contributed by atoms with van der Waals surface area (Å²) in [6, 6.07) is 7.65. The normalized spacial score (nSPS) is 17.5. The van der Waals surface area contributed by atoms with Crippen LogP contribution < -0.4 is 0 Å². The molecule has 2 aliphatic heterocycles. The number of aryl methyl sites for hydroxylation is 2. The van der Waals surface area contributed by atoms with Crippen LogP contribution in [0.5, 0.6) is 0 Å². The number of fused-ring (bicyclic) bond motifs is 12. The number of imide groups is 1. The van der Waals surface area contributed by atoms with Gasteiger partial charge >= 0.3 is 6.09 Å². The van der Waals surface area contributed by atoms with Crippen LogP contribution in [0.25, 0.3) is 33.2 Å². The van der Waals surface area contributed by atoms with Crippen LogP contribution in [0, 0.1) is 0 Å². The molecule has 4 bridgehead atoms. The van der Waals surface area contributed by atoms with Crippen LogP contribution in [0.4, 0.5) is 4.79 Å². The molecule has 0 unspecified atom stereocenters. The number of aromatic nitrogens is 4. The van der Waals surface area contributed by atoms with Gasteiger partial charge in [-0.05, 0) is 83.6 Å². The third kappa shape index (κ3) is 5.60. The lowest BCUT2D eigenvalue weighted by Gasteiger charge is -2.27. The highest BCUT2D eigenvalue weighted by Gasteiger charge is 2.40. The van der Waals surface area contributed by atoms with Crippen LogP contribution in [0.2, 0.25) is 0 Å². The van der Waals surface area contributed by atoms with Gasteiger partial charge in [0.1, 0.15) is 16.9 Å². The zero-order valence-electron chi connectivity index (χ0n) is 26.0. The standard InChI is InChI=1S/C34H40N6O4/c1-34(2,3)44-33(43)38-17-7-5-9-19-39-21-25(23-13-11-15-35-29(23)39)27-28(32(42)37(4)31(27)41)26-22-40(20-10-6-8-18-38)30-24(26)14-12-16-36-30/h11-16,21-22H,5-10,17-20H2,1-4H3. The summed E-state index contributed by atoms with van der Waals surface area (Å²) in [6.45, 7) is 8.36. The van der Waals surface area contributed by atoms with Crippen molar-refractivity contribution in [3.63, 3.8) is 0 Å². The molecule has 4 aromatic rings. The Morgan fingerprint density at radius 3 is 1.64 bits per heavy atom. The Labute approximate surface area is 257 Å². The summed E-state index contributed by atoms with van der Waals surface area (Å²) in [5.74, 6) is -0.628. The van der Waals surface area contributed by atoms with Crippen LogP contribution in [0.3, 0.4) is 0 Å². The van der Waals surface area contributed by atoms with Crippen molar-refractivity contribution in [3.8, 4) is 0 Å². The lowest BCUT2D eigenvalue weighted by Crippen LogP contribution is -2.38. The largest absolute Gasteiger partial charge is 0.444 e. The molecule has 44 heavy (non-hydrogen) atoms. The van der Waals surface area contributed by atoms with E-state index in [1.54, 1.807) is 19.4 Å². The number of likely N-dealkylation sites (N-methyl/N-ethyl adjacent to an activating group) is 1. The first-order valence-corrected chi connectivity index (χ1v) is 15.6. The highest BCUT2D eigenvalue weighted by atomic mass is 16.6. The fourth-order valence-electron chi connectivity index (χ4n) is 6.27. The lowest BCUT2D eigenvalue weighted by atomic mass is 9.96. The minimum absolute atomic E-state index is 0.265. The number of carbonyl (C=O) groups excluding carboxylic acids is 3. The molecule has 0 N–H and O–H groups in total. The smallest absolute Gasteiger partial charge is 0.410 e. The van der Waals surface area contributed by atoms with E-state index in [-0.39, 0.29) is 17.9 Å². The summed E-state index contributed by atoms with van der Waals surface area (Å²) in [5.41, 5.74) is 3.24. The van der Waals surface area contributed by atoms with E-state index in [9.17, 15) is 14.4 Å². The Morgan fingerprint density at radius 2 is 1.18 bits per heavy atom. The lowest BCUT2D eigenvalue weighted by molar-refractivity contribution is -0.134. The molecule has 0 radical (unpaired) electrons. The monoisotopic (exact) mass is 596 g/mol. The van der Waals surface area contributed by atoms with Gasteiger partial charge in [0.05, 0.1) is 11.1 Å². The third-order valence-electron chi connectivity index (χ3n) is 8.40. The maximum Gasteiger partial charge on any atom is 0.410 e. The molecule has 0 saturated carbocycles. The van der Waals surface area contributed by atoms with E-state index >= 15 is 0 Å². The molecule has 0 aromatic carbocycles. The van der Waals surface area contributed by atoms with Gasteiger partial charge in [-0.2, -0.15) is 0 Å². The number of amides is 3. The van der Waals surface area contributed by atoms with Gasteiger partial charge in [-0.15, -0.1) is 0 Å². The van der Waals surface area contributed by atoms with Crippen LogP contribution in [0.1, 0.15) is 70.4 Å². The minimum Gasteiger partial charge on any atom is -0.444 e. The van der Waals surface area contributed by atoms with Crippen molar-refractivity contribution in [1.82, 2.24) is 28.9 Å². The fraction of sp³-hybridized carbons (Fsp3) is 0.441. The molecule has 4 aromatic heterocycles. The van der Waals surface area contributed by atoms with Crippen LogP contribution in [0.15, 0.2) is 49.1 Å². The molecular formula is C34H40N6O4. The van der Waals surface area contributed by atoms with E-state index in [2.05, 4.69) is 19.1 Å². The van der Waals surface area contributed by atoms with Gasteiger partial charge in [0.2, 0.25) is 0 Å². The second-order valence-electron chi connectivity index (χ2n) is 12.7. The number of pyridine rings is 2. The van der Waals surface area contributed by atoms with Gasteiger partial charge < -0.3 is 18.8 Å². The molecule has 3 amide bonds. The molecule has 0 aliphatic carbocycles. The van der Waals surface area contributed by atoms with Crippen molar-refractivity contribution >= 4 is 51.1 Å². The quantitative estimate of drug-likeness (QED) is 0.235. The van der Waals surface area contributed by atoms with Gasteiger partial charge in [0.15, 0.2) is 0 Å². The van der Waals surface area contributed by atoms with Gasteiger partial charge in [-0.3, -0.25) is 14.5 Å². The predicted molar refractivity (Wildman–Crippen MR) is 170 cm³/mol. The Morgan fingerprint density at radius 1 is 0.727 bits per heavy atom. The third-order valence-corrected chi connectivity index (χ3v) is 8.40. The fourth-order valence-corrected chi connectivity index (χ4v) is 6.27. The summed E-state index contributed by atoms with van der Waals surface area (Å²) in [7, 11) is 1.55. The molecule has 0 fully saturated rings. The van der Waals surface area contributed by atoms with Gasteiger partial charge in [0.25, 0.3) is 11.8 Å². The first-order valence-electron chi connectivity index (χ1n) is 15.6. The van der Waals surface area contributed by atoms with Crippen molar-refractivity contribution in [3.05, 3.63) is 60.2 Å². The van der Waals surface area contributed by atoms with E-state index < -0.39 is 5.60 Å². The number of ether oxygens (including phenoxy) is 1. The van der Waals surface area contributed by atoms with Crippen molar-refractivity contribution in [2.75, 3.05) is 20.1 Å². The van der Waals surface area contributed by atoms with Crippen molar-refractivity contribution < 1.29 is 19.1 Å². The molecule has 10 nitrogen and oxygen atoms in total. The molecule has 0 saturated heterocycles. The molecule has 10 heteroatoms. The first-order chi connectivity index (χ1) is 21.1. The topological polar surface area (TPSA) is 103 Å². The van der Waals surface area contributed by atoms with Crippen molar-refractivity contribution in [2.24, 2.45) is 0 Å². The van der Waals surface area contributed by atoms with Gasteiger partial charge in [0, 0.05) is 79.9 Å². The van der Waals surface area contributed by atoms with Gasteiger partial charge in [-0.1, -0.05) is 0 Å². The summed E-state index contributed by atoms with van der Waals surface area (Å²) in [4.78, 5) is 52.9. The van der Waals surface area contributed by atoms with Crippen LogP contribution in [-0.2, 0) is 27.4 Å². The highest BCUT2D eigenvalue weighted by Crippen LogP contribution is 2.41. The average molecular weight is 597 g/mol. The Hall–Kier alpha value is -4.47. The molecule has 2 aliphatic rings. The Bertz CT molecular complexity index is 1660. The zero-order chi connectivity index (χ0) is 31.0. The van der Waals surface area contributed by atoms with E-state index in [0.29, 0.717) is 48.5 Å². The van der Waals surface area contributed by atoms with Gasteiger partial charge in [-0.25, -0.2) is 14.8 Å². The molecule has 0 spiro atoms. The summed E-state index contributed by atoms with van der Waals surface area (Å²) < 4.78 is 9.88. The second kappa shape index (κ2) is 11.9. The maximum absolute atomic E-state index is 13.7. The minimum atomic E-state index is -0.548. The number of hydrogen-bond donors (Lipinski definition) is 0. The number of rotatable bonds is 0. The molecule has 0 atom stereocenters. The van der Waals surface area contributed by atoms with E-state index in [1.165, 1.54) is 4.90 Å². The average Bonchev–Trinajstić information content (AvgIpc) is 3.60. The first kappa shape index (κ1) is 29.6. The SMILES string of the molecule is CN1C(=O)C2=C(C1=O)c1cn(c3ncccc13)CCCCCN(C(=O)OC(C)(C)C)CCCCCn1cc2c2cccnc21. The van der Waals surface area contributed by atoms with Crippen molar-refractivity contribution in [1.29, 1.82) is 0 Å². The van der Waals surface area contributed by atoms with E-state index in [4.69, 9.17) is 4.74 Å². The molecule has 6 heterocycles. The summed E-state index contributed by atoms with van der Waals surface area (Å²) >= 11 is 0. The Kier molecular flexibility index (Phi) is 8.00. The maximum atomic E-state index is 13.7. The number of nitrogens with zero attached hydrogens (tertiary/aromatic N) is 6. The highest BCUT2D eigenvalue weighted by molar-refractivity contribution is 6.50. The van der Waals surface area contributed by atoms with Crippen LogP contribution in [-0.4, -0.2) is 72.5 Å². The molecular weight excluding hydrogens is 556 g/mol. The molecule has 230 valence electrons. The molecule has 6 rings (SSSR count). The number of carbonyl (C=O) groups is 3. The predicted octanol–water partition coefficient (Wildman–Crippen LogP) is 5.89. The van der Waals surface area contributed by atoms with Crippen LogP contribution >= 0.6 is 0 Å². The second-order valence-corrected chi connectivity index (χ2v) is 12.7. The number of hydrogen-bond acceptors (Lipinski definition) is 6. The van der Waals surface area contributed by atoms with E-state index in [1.807, 2.05) is 62.3 Å². The Balaban J connectivity index is 1.43. The summed E-state index contributed by atoms with van der Waals surface area (Å²) in [6.07, 6.45) is 12.5. The zero-order valence-corrected chi connectivity index (χ0v) is 26.0. The summed E-state index contributed by atoms with van der Waals surface area (Å²) in [5, 5.41) is 1.67.